The lowest BCUT2D eigenvalue weighted by Gasteiger charge is -2.07. The van der Waals surface area contributed by atoms with Gasteiger partial charge in [-0.05, 0) is 6.07 Å². The third kappa shape index (κ3) is 1.81. The summed E-state index contributed by atoms with van der Waals surface area (Å²) >= 11 is 0. The number of benzene rings is 2. The van der Waals surface area contributed by atoms with Crippen LogP contribution in [-0.2, 0) is 0 Å². The Morgan fingerprint density at radius 3 is 2.33 bits per heavy atom. The summed E-state index contributed by atoms with van der Waals surface area (Å²) in [5.74, 6) is 0.175. The normalized spacial score (nSPS) is 11.4. The molecule has 0 saturated heterocycles. The van der Waals surface area contributed by atoms with Gasteiger partial charge >= 0.3 is 5.63 Å². The van der Waals surface area contributed by atoms with E-state index in [4.69, 9.17) is 18.3 Å². The third-order valence-electron chi connectivity index (χ3n) is 3.91. The van der Waals surface area contributed by atoms with Crippen molar-refractivity contribution >= 4 is 32.9 Å². The molecule has 0 bridgehead atoms. The molecule has 0 radical (unpaired) electrons. The van der Waals surface area contributed by atoms with Crippen molar-refractivity contribution in [2.45, 2.75) is 0 Å². The number of hydrogen-bond acceptors (Lipinski definition) is 7. The van der Waals surface area contributed by atoms with E-state index in [1.54, 1.807) is 12.1 Å². The lowest BCUT2D eigenvalue weighted by atomic mass is 10.1. The minimum absolute atomic E-state index is 0.163. The van der Waals surface area contributed by atoms with Crippen LogP contribution >= 0.6 is 0 Å². The summed E-state index contributed by atoms with van der Waals surface area (Å²) in [4.78, 5) is 12.4. The Hall–Kier alpha value is -3.35. The van der Waals surface area contributed by atoms with Gasteiger partial charge in [-0.3, -0.25) is 0 Å². The predicted octanol–water partition coefficient (Wildman–Crippen LogP) is 3.12. The number of methoxy groups -OCH3 is 2. The molecule has 2 aromatic heterocycles. The van der Waals surface area contributed by atoms with Crippen molar-refractivity contribution in [1.82, 2.24) is 0 Å². The summed E-state index contributed by atoms with van der Waals surface area (Å²) in [6.07, 6.45) is 0. The first kappa shape index (κ1) is 14.3. The van der Waals surface area contributed by atoms with Crippen molar-refractivity contribution in [1.29, 1.82) is 0 Å². The maximum absolute atomic E-state index is 12.4. The van der Waals surface area contributed by atoms with Crippen LogP contribution in [0.4, 0.5) is 0 Å². The van der Waals surface area contributed by atoms with Crippen molar-refractivity contribution in [3.63, 3.8) is 0 Å². The van der Waals surface area contributed by atoms with Crippen LogP contribution in [0.1, 0.15) is 0 Å². The van der Waals surface area contributed by atoms with Crippen LogP contribution in [0.15, 0.2) is 37.9 Å². The average Bonchev–Trinajstić information content (AvgIpc) is 2.92. The Bertz CT molecular complexity index is 1170. The number of phenols is 2. The van der Waals surface area contributed by atoms with Crippen molar-refractivity contribution in [3.05, 3.63) is 34.7 Å². The maximum atomic E-state index is 12.4. The van der Waals surface area contributed by atoms with E-state index in [0.29, 0.717) is 22.3 Å². The van der Waals surface area contributed by atoms with E-state index in [2.05, 4.69) is 0 Å². The minimum Gasteiger partial charge on any atom is -0.504 e. The fourth-order valence-electron chi connectivity index (χ4n) is 2.80. The molecule has 7 nitrogen and oxygen atoms in total. The standard InChI is InChI=1S/C17H12O7/c1-21-7-3-12(22-2)15-13(4-7)24-17(20)14-8-5-9(18)10(19)6-11(8)23-16(14)15/h3-6,18-19H,1-2H3. The smallest absolute Gasteiger partial charge is 0.348 e. The Morgan fingerprint density at radius 2 is 1.62 bits per heavy atom. The van der Waals surface area contributed by atoms with Gasteiger partial charge in [0, 0.05) is 23.6 Å². The predicted molar refractivity (Wildman–Crippen MR) is 86.2 cm³/mol. The van der Waals surface area contributed by atoms with E-state index < -0.39 is 5.63 Å². The molecule has 24 heavy (non-hydrogen) atoms. The van der Waals surface area contributed by atoms with E-state index in [-0.39, 0.29) is 33.6 Å². The van der Waals surface area contributed by atoms with E-state index in [1.807, 2.05) is 0 Å². The SMILES string of the molecule is COc1cc(OC)c2c(c1)oc(=O)c1c3cc(O)c(O)cc3oc21. The minimum atomic E-state index is -0.628. The van der Waals surface area contributed by atoms with E-state index in [0.717, 1.165) is 0 Å². The highest BCUT2D eigenvalue weighted by Crippen LogP contribution is 2.41. The van der Waals surface area contributed by atoms with Gasteiger partial charge in [-0.15, -0.1) is 0 Å². The summed E-state index contributed by atoms with van der Waals surface area (Å²) in [5.41, 5.74) is 0.117. The van der Waals surface area contributed by atoms with Gasteiger partial charge in [-0.2, -0.15) is 0 Å². The Labute approximate surface area is 134 Å². The monoisotopic (exact) mass is 328 g/mol. The van der Waals surface area contributed by atoms with Crippen LogP contribution in [0, 0.1) is 0 Å². The van der Waals surface area contributed by atoms with Gasteiger partial charge in [0.2, 0.25) is 0 Å². The first-order valence-corrected chi connectivity index (χ1v) is 7.00. The average molecular weight is 328 g/mol. The second-order valence-corrected chi connectivity index (χ2v) is 5.24. The van der Waals surface area contributed by atoms with Crippen LogP contribution < -0.4 is 15.1 Å². The second kappa shape index (κ2) is 4.82. The van der Waals surface area contributed by atoms with Gasteiger partial charge < -0.3 is 28.5 Å². The highest BCUT2D eigenvalue weighted by molar-refractivity contribution is 6.15. The van der Waals surface area contributed by atoms with Crippen LogP contribution in [-0.4, -0.2) is 24.4 Å². The van der Waals surface area contributed by atoms with E-state index in [9.17, 15) is 15.0 Å². The second-order valence-electron chi connectivity index (χ2n) is 5.24. The first-order valence-electron chi connectivity index (χ1n) is 7.00. The van der Waals surface area contributed by atoms with Gasteiger partial charge in [0.15, 0.2) is 17.1 Å². The highest BCUT2D eigenvalue weighted by atomic mass is 16.5. The summed E-state index contributed by atoms with van der Waals surface area (Å²) < 4.78 is 21.7. The van der Waals surface area contributed by atoms with Gasteiger partial charge in [0.1, 0.15) is 33.4 Å². The zero-order valence-corrected chi connectivity index (χ0v) is 12.7. The topological polar surface area (TPSA) is 102 Å². The molecule has 0 unspecified atom stereocenters. The maximum Gasteiger partial charge on any atom is 0.348 e. The summed E-state index contributed by atoms with van der Waals surface area (Å²) in [6, 6.07) is 5.70. The molecule has 0 saturated carbocycles. The van der Waals surface area contributed by atoms with Crippen molar-refractivity contribution < 1.29 is 28.5 Å². The molecular weight excluding hydrogens is 316 g/mol. The zero-order valence-electron chi connectivity index (χ0n) is 12.7. The lowest BCUT2D eigenvalue weighted by molar-refractivity contribution is 0.396. The molecule has 0 aliphatic carbocycles. The molecule has 0 aliphatic heterocycles. The number of furan rings is 1. The fourth-order valence-corrected chi connectivity index (χ4v) is 2.80. The summed E-state index contributed by atoms with van der Waals surface area (Å²) in [5, 5.41) is 20.3. The van der Waals surface area contributed by atoms with Gasteiger partial charge in [-0.1, -0.05) is 0 Å². The van der Waals surface area contributed by atoms with Crippen LogP contribution in [0.5, 0.6) is 23.0 Å². The largest absolute Gasteiger partial charge is 0.504 e. The van der Waals surface area contributed by atoms with E-state index >= 15 is 0 Å². The Kier molecular flexibility index (Phi) is 2.86. The molecule has 2 N–H and O–H groups in total. The molecule has 0 atom stereocenters. The molecule has 7 heteroatoms. The van der Waals surface area contributed by atoms with Crippen molar-refractivity contribution in [2.75, 3.05) is 14.2 Å². The molecule has 0 spiro atoms. The molecule has 4 aromatic rings. The van der Waals surface area contributed by atoms with Gasteiger partial charge in [0.05, 0.1) is 14.2 Å². The van der Waals surface area contributed by atoms with Crippen molar-refractivity contribution in [3.8, 4) is 23.0 Å². The zero-order chi connectivity index (χ0) is 17.0. The van der Waals surface area contributed by atoms with Crippen molar-refractivity contribution in [2.24, 2.45) is 0 Å². The molecule has 0 aliphatic rings. The molecule has 122 valence electrons. The number of ether oxygens (including phenoxy) is 2. The number of phenolic OH excluding ortho intramolecular Hbond substituents is 2. The molecule has 4 rings (SSSR count). The number of aromatic hydroxyl groups is 2. The summed E-state index contributed by atoms with van der Waals surface area (Å²) in [6.45, 7) is 0. The van der Waals surface area contributed by atoms with Crippen LogP contribution in [0.3, 0.4) is 0 Å². The highest BCUT2D eigenvalue weighted by Gasteiger charge is 2.21. The Balaban J connectivity index is 2.28. The van der Waals surface area contributed by atoms with Gasteiger partial charge in [-0.25, -0.2) is 4.79 Å². The molecule has 0 amide bonds. The third-order valence-corrected chi connectivity index (χ3v) is 3.91. The number of rotatable bonds is 2. The van der Waals surface area contributed by atoms with Gasteiger partial charge in [0.25, 0.3) is 0 Å². The molecule has 2 heterocycles. The van der Waals surface area contributed by atoms with E-state index in [1.165, 1.54) is 26.4 Å². The molecule has 0 fully saturated rings. The quantitative estimate of drug-likeness (QED) is 0.430. The van der Waals surface area contributed by atoms with Crippen LogP contribution in [0.2, 0.25) is 0 Å². The first-order chi connectivity index (χ1) is 11.5. The Morgan fingerprint density at radius 1 is 0.875 bits per heavy atom. The molecule has 2 aromatic carbocycles. The fraction of sp³-hybridized carbons (Fsp3) is 0.118. The summed E-state index contributed by atoms with van der Waals surface area (Å²) in [7, 11) is 2.97. The molecular formula is C17H12O7. The number of hydrogen-bond donors (Lipinski definition) is 2. The lowest BCUT2D eigenvalue weighted by Crippen LogP contribution is -1.99. The number of fused-ring (bicyclic) bond motifs is 5. The van der Waals surface area contributed by atoms with Crippen LogP contribution in [0.25, 0.3) is 32.9 Å².